The largest absolute Gasteiger partial charge is 0.465 e. The zero-order valence-electron chi connectivity index (χ0n) is 11.9. The van der Waals surface area contributed by atoms with Crippen LogP contribution in [0.4, 0.5) is 5.69 Å². The first-order chi connectivity index (χ1) is 10.7. The van der Waals surface area contributed by atoms with Crippen molar-refractivity contribution in [3.63, 3.8) is 0 Å². The molecule has 0 aliphatic heterocycles. The third-order valence-corrected chi connectivity index (χ3v) is 3.25. The van der Waals surface area contributed by atoms with Gasteiger partial charge < -0.3 is 15.1 Å². The lowest BCUT2D eigenvalue weighted by Gasteiger charge is -2.06. The zero-order chi connectivity index (χ0) is 15.4. The zero-order valence-corrected chi connectivity index (χ0v) is 11.9. The molecule has 1 heterocycles. The molecule has 2 N–H and O–H groups in total. The van der Waals surface area contributed by atoms with E-state index in [1.165, 1.54) is 6.08 Å². The van der Waals surface area contributed by atoms with Crippen molar-refractivity contribution in [2.24, 2.45) is 0 Å². The lowest BCUT2D eigenvalue weighted by molar-refractivity contribution is -0.111. The van der Waals surface area contributed by atoms with Crippen LogP contribution in [0.3, 0.4) is 0 Å². The first-order valence-electron chi connectivity index (χ1n) is 7.14. The molecule has 2 aromatic rings. The second-order valence-corrected chi connectivity index (χ2v) is 5.17. The highest BCUT2D eigenvalue weighted by Crippen LogP contribution is 2.20. The highest BCUT2D eigenvalue weighted by molar-refractivity contribution is 6.03. The van der Waals surface area contributed by atoms with Gasteiger partial charge in [0, 0.05) is 23.4 Å². The monoisotopic (exact) mass is 296 g/mol. The highest BCUT2D eigenvalue weighted by atomic mass is 16.3. The van der Waals surface area contributed by atoms with Crippen molar-refractivity contribution < 1.29 is 14.0 Å². The van der Waals surface area contributed by atoms with E-state index in [4.69, 9.17) is 4.42 Å². The van der Waals surface area contributed by atoms with Crippen molar-refractivity contribution in [2.75, 3.05) is 5.32 Å². The van der Waals surface area contributed by atoms with Crippen LogP contribution in [-0.4, -0.2) is 17.9 Å². The highest BCUT2D eigenvalue weighted by Gasteiger charge is 2.23. The van der Waals surface area contributed by atoms with Gasteiger partial charge in [-0.25, -0.2) is 0 Å². The first kappa shape index (κ1) is 14.1. The summed E-state index contributed by atoms with van der Waals surface area (Å²) in [6.45, 7) is 0. The Morgan fingerprint density at radius 2 is 2.05 bits per heavy atom. The average molecular weight is 296 g/mol. The van der Waals surface area contributed by atoms with Gasteiger partial charge in [-0.05, 0) is 49.2 Å². The minimum Gasteiger partial charge on any atom is -0.465 e. The Hall–Kier alpha value is -2.82. The Balaban J connectivity index is 1.61. The molecule has 5 nitrogen and oxygen atoms in total. The molecule has 0 saturated heterocycles. The van der Waals surface area contributed by atoms with Crippen LogP contribution in [0.15, 0.2) is 53.2 Å². The van der Waals surface area contributed by atoms with E-state index in [1.807, 2.05) is 0 Å². The summed E-state index contributed by atoms with van der Waals surface area (Å²) in [5, 5.41) is 5.64. The van der Waals surface area contributed by atoms with Crippen LogP contribution in [0.1, 0.15) is 29.0 Å². The minimum absolute atomic E-state index is 0.107. The van der Waals surface area contributed by atoms with Crippen molar-refractivity contribution in [1.29, 1.82) is 0 Å². The lowest BCUT2D eigenvalue weighted by atomic mass is 10.2. The van der Waals surface area contributed by atoms with Crippen LogP contribution < -0.4 is 10.6 Å². The van der Waals surface area contributed by atoms with Crippen molar-refractivity contribution in [3.05, 3.63) is 60.1 Å². The smallest absolute Gasteiger partial charge is 0.251 e. The van der Waals surface area contributed by atoms with Crippen LogP contribution in [-0.2, 0) is 4.79 Å². The summed E-state index contributed by atoms with van der Waals surface area (Å²) in [5.41, 5.74) is 1.12. The van der Waals surface area contributed by atoms with Gasteiger partial charge in [-0.15, -0.1) is 0 Å². The van der Waals surface area contributed by atoms with E-state index in [2.05, 4.69) is 10.6 Å². The van der Waals surface area contributed by atoms with Gasteiger partial charge in [0.15, 0.2) is 0 Å². The Morgan fingerprint density at radius 1 is 1.18 bits per heavy atom. The van der Waals surface area contributed by atoms with Crippen LogP contribution in [0.5, 0.6) is 0 Å². The fourth-order valence-corrected chi connectivity index (χ4v) is 1.96. The van der Waals surface area contributed by atoms with Gasteiger partial charge in [-0.3, -0.25) is 9.59 Å². The Morgan fingerprint density at radius 3 is 2.77 bits per heavy atom. The fourth-order valence-electron chi connectivity index (χ4n) is 1.96. The maximum Gasteiger partial charge on any atom is 0.251 e. The second-order valence-electron chi connectivity index (χ2n) is 5.17. The molecular weight excluding hydrogens is 280 g/mol. The molecule has 112 valence electrons. The van der Waals surface area contributed by atoms with Gasteiger partial charge in [-0.1, -0.05) is 6.07 Å². The summed E-state index contributed by atoms with van der Waals surface area (Å²) >= 11 is 0. The number of benzene rings is 1. The average Bonchev–Trinajstić information content (AvgIpc) is 3.17. The van der Waals surface area contributed by atoms with E-state index in [0.717, 1.165) is 12.8 Å². The van der Waals surface area contributed by atoms with Gasteiger partial charge >= 0.3 is 0 Å². The number of amides is 2. The number of nitrogens with one attached hydrogen (secondary N) is 2. The number of furan rings is 1. The third-order valence-electron chi connectivity index (χ3n) is 3.25. The van der Waals surface area contributed by atoms with E-state index < -0.39 is 0 Å². The number of hydrogen-bond acceptors (Lipinski definition) is 3. The molecule has 0 bridgehead atoms. The molecule has 3 rings (SSSR count). The summed E-state index contributed by atoms with van der Waals surface area (Å²) in [5.74, 6) is 0.216. The van der Waals surface area contributed by atoms with Crippen molar-refractivity contribution >= 4 is 23.6 Å². The summed E-state index contributed by atoms with van der Waals surface area (Å²) in [7, 11) is 0. The van der Waals surface area contributed by atoms with Crippen LogP contribution in [0.2, 0.25) is 0 Å². The van der Waals surface area contributed by atoms with Crippen molar-refractivity contribution in [2.45, 2.75) is 18.9 Å². The minimum atomic E-state index is -0.281. The van der Waals surface area contributed by atoms with E-state index in [0.29, 0.717) is 23.1 Å². The van der Waals surface area contributed by atoms with Gasteiger partial charge in [0.05, 0.1) is 6.26 Å². The number of anilines is 1. The summed E-state index contributed by atoms with van der Waals surface area (Å²) in [6, 6.07) is 10.7. The molecule has 1 fully saturated rings. The van der Waals surface area contributed by atoms with E-state index in [-0.39, 0.29) is 11.8 Å². The van der Waals surface area contributed by atoms with Gasteiger partial charge in [-0.2, -0.15) is 0 Å². The predicted octanol–water partition coefficient (Wildman–Crippen LogP) is 2.82. The SMILES string of the molecule is O=C(/C=C/c1ccco1)Nc1cccc(C(=O)NC2CC2)c1. The topological polar surface area (TPSA) is 71.3 Å². The quantitative estimate of drug-likeness (QED) is 0.833. The standard InChI is InChI=1S/C17H16N2O3/c20-16(9-8-15-5-2-10-22-15)18-14-4-1-3-12(11-14)17(21)19-13-6-7-13/h1-5,8-11,13H,6-7H2,(H,18,20)(H,19,21)/b9-8+. The Kier molecular flexibility index (Phi) is 4.05. The molecule has 2 amide bonds. The molecule has 0 unspecified atom stereocenters. The molecule has 5 heteroatoms. The van der Waals surface area contributed by atoms with Crippen LogP contribution >= 0.6 is 0 Å². The van der Waals surface area contributed by atoms with Gasteiger partial charge in [0.1, 0.15) is 5.76 Å². The molecule has 22 heavy (non-hydrogen) atoms. The number of hydrogen-bond donors (Lipinski definition) is 2. The molecule has 0 spiro atoms. The van der Waals surface area contributed by atoms with E-state index >= 15 is 0 Å². The van der Waals surface area contributed by atoms with E-state index in [9.17, 15) is 9.59 Å². The molecule has 1 aliphatic carbocycles. The number of carbonyl (C=O) groups is 2. The molecule has 1 aliphatic rings. The summed E-state index contributed by atoms with van der Waals surface area (Å²) in [6.07, 6.45) is 6.59. The fraction of sp³-hybridized carbons (Fsp3) is 0.176. The van der Waals surface area contributed by atoms with Gasteiger partial charge in [0.2, 0.25) is 5.91 Å². The normalized spacial score (nSPS) is 14.0. The second kappa shape index (κ2) is 6.30. The summed E-state index contributed by atoms with van der Waals surface area (Å²) in [4.78, 5) is 23.8. The maximum atomic E-state index is 12.0. The van der Waals surface area contributed by atoms with Crippen LogP contribution in [0.25, 0.3) is 6.08 Å². The maximum absolute atomic E-state index is 12.0. The summed E-state index contributed by atoms with van der Waals surface area (Å²) < 4.78 is 5.11. The van der Waals surface area contributed by atoms with E-state index in [1.54, 1.807) is 48.7 Å². The number of rotatable bonds is 5. The Labute approximate surface area is 128 Å². The van der Waals surface area contributed by atoms with Crippen molar-refractivity contribution in [3.8, 4) is 0 Å². The first-order valence-corrected chi connectivity index (χ1v) is 7.14. The lowest BCUT2D eigenvalue weighted by Crippen LogP contribution is -2.25. The molecule has 0 radical (unpaired) electrons. The molecule has 1 aromatic carbocycles. The number of carbonyl (C=O) groups excluding carboxylic acids is 2. The van der Waals surface area contributed by atoms with Gasteiger partial charge in [0.25, 0.3) is 5.91 Å². The molecular formula is C17H16N2O3. The molecule has 0 atom stereocenters. The molecule has 1 saturated carbocycles. The predicted molar refractivity (Wildman–Crippen MR) is 83.3 cm³/mol. The Bertz CT molecular complexity index is 700. The third kappa shape index (κ3) is 3.85. The van der Waals surface area contributed by atoms with Crippen molar-refractivity contribution in [1.82, 2.24) is 5.32 Å². The van der Waals surface area contributed by atoms with Crippen LogP contribution in [0, 0.1) is 0 Å². The molecule has 1 aromatic heterocycles.